The Morgan fingerprint density at radius 1 is 1.29 bits per heavy atom. The molecule has 2 aromatic rings. The Bertz CT molecular complexity index is 629. The molecule has 0 aliphatic heterocycles. The maximum Gasteiger partial charge on any atom is 0.255 e. The molecule has 4 nitrogen and oxygen atoms in total. The second-order valence-corrected chi connectivity index (χ2v) is 5.85. The number of amides is 1. The van der Waals surface area contributed by atoms with Gasteiger partial charge in [0.05, 0.1) is 22.3 Å². The first-order valence-corrected chi connectivity index (χ1v) is 7.55. The van der Waals surface area contributed by atoms with Gasteiger partial charge in [-0.25, -0.2) is 0 Å². The third-order valence-corrected chi connectivity index (χ3v) is 4.09. The van der Waals surface area contributed by atoms with Gasteiger partial charge in [0.25, 0.3) is 5.91 Å². The van der Waals surface area contributed by atoms with Crippen molar-refractivity contribution in [3.63, 3.8) is 0 Å². The van der Waals surface area contributed by atoms with E-state index in [-0.39, 0.29) is 11.9 Å². The van der Waals surface area contributed by atoms with Crippen molar-refractivity contribution >= 4 is 27.5 Å². The van der Waals surface area contributed by atoms with Crippen LogP contribution in [0.4, 0.5) is 5.69 Å². The minimum atomic E-state index is -0.0603. The highest BCUT2D eigenvalue weighted by Crippen LogP contribution is 2.26. The number of hydrogen-bond donors (Lipinski definition) is 1. The van der Waals surface area contributed by atoms with Gasteiger partial charge in [-0.1, -0.05) is 12.1 Å². The van der Waals surface area contributed by atoms with Gasteiger partial charge in [-0.3, -0.25) is 9.78 Å². The van der Waals surface area contributed by atoms with Crippen molar-refractivity contribution in [1.82, 2.24) is 9.88 Å². The van der Waals surface area contributed by atoms with Crippen LogP contribution in [0.2, 0.25) is 0 Å². The van der Waals surface area contributed by atoms with E-state index in [1.54, 1.807) is 29.3 Å². The van der Waals surface area contributed by atoms with Crippen molar-refractivity contribution < 1.29 is 4.79 Å². The number of nitrogen functional groups attached to an aromatic ring is 1. The zero-order chi connectivity index (χ0) is 15.4. The third-order valence-electron chi connectivity index (χ3n) is 3.20. The summed E-state index contributed by atoms with van der Waals surface area (Å²) >= 11 is 3.40. The number of rotatable bonds is 4. The molecule has 0 saturated heterocycles. The van der Waals surface area contributed by atoms with Gasteiger partial charge in [0, 0.05) is 17.9 Å². The van der Waals surface area contributed by atoms with Crippen LogP contribution in [-0.4, -0.2) is 21.8 Å². The van der Waals surface area contributed by atoms with Gasteiger partial charge in [0.2, 0.25) is 0 Å². The Morgan fingerprint density at radius 3 is 2.67 bits per heavy atom. The summed E-state index contributed by atoms with van der Waals surface area (Å²) in [7, 11) is 0. The van der Waals surface area contributed by atoms with E-state index in [2.05, 4.69) is 20.9 Å². The Hall–Kier alpha value is -1.88. The fourth-order valence-electron chi connectivity index (χ4n) is 2.02. The lowest BCUT2D eigenvalue weighted by molar-refractivity contribution is 0.0687. The van der Waals surface area contributed by atoms with Gasteiger partial charge in [-0.15, -0.1) is 0 Å². The number of carbonyl (C=O) groups is 1. The number of anilines is 1. The molecule has 2 N–H and O–H groups in total. The molecule has 110 valence electrons. The van der Waals surface area contributed by atoms with Crippen LogP contribution in [0.1, 0.15) is 29.9 Å². The number of benzene rings is 1. The molecule has 1 aromatic carbocycles. The molecule has 21 heavy (non-hydrogen) atoms. The standard InChI is InChI=1S/C16H18BrN3O/c1-11(2)20(10-12-6-3-4-9-19-12)16(21)13-7-5-8-14(18)15(13)17/h3-9,11H,10,18H2,1-2H3. The first-order valence-electron chi connectivity index (χ1n) is 6.75. The summed E-state index contributed by atoms with van der Waals surface area (Å²) in [4.78, 5) is 18.8. The second kappa shape index (κ2) is 6.72. The zero-order valence-corrected chi connectivity index (χ0v) is 13.7. The van der Waals surface area contributed by atoms with Gasteiger partial charge in [0.15, 0.2) is 0 Å². The Balaban J connectivity index is 2.30. The van der Waals surface area contributed by atoms with Crippen LogP contribution < -0.4 is 5.73 Å². The lowest BCUT2D eigenvalue weighted by Crippen LogP contribution is -2.36. The van der Waals surface area contributed by atoms with E-state index in [0.29, 0.717) is 22.3 Å². The molecule has 2 rings (SSSR count). The predicted molar refractivity (Wildman–Crippen MR) is 87.8 cm³/mol. The van der Waals surface area contributed by atoms with E-state index >= 15 is 0 Å². The number of halogens is 1. The van der Waals surface area contributed by atoms with Crippen LogP contribution in [0.25, 0.3) is 0 Å². The molecule has 0 saturated carbocycles. The molecule has 0 fully saturated rings. The monoisotopic (exact) mass is 347 g/mol. The molecular weight excluding hydrogens is 330 g/mol. The van der Waals surface area contributed by atoms with Gasteiger partial charge in [-0.2, -0.15) is 0 Å². The summed E-state index contributed by atoms with van der Waals surface area (Å²) in [5.74, 6) is -0.0603. The fourth-order valence-corrected chi connectivity index (χ4v) is 2.46. The molecular formula is C16H18BrN3O. The average Bonchev–Trinajstić information content (AvgIpc) is 2.48. The molecule has 0 aliphatic carbocycles. The molecule has 1 amide bonds. The lowest BCUT2D eigenvalue weighted by Gasteiger charge is -2.27. The maximum absolute atomic E-state index is 12.8. The van der Waals surface area contributed by atoms with E-state index in [0.717, 1.165) is 5.69 Å². The van der Waals surface area contributed by atoms with E-state index < -0.39 is 0 Å². The lowest BCUT2D eigenvalue weighted by atomic mass is 10.1. The quantitative estimate of drug-likeness (QED) is 0.861. The molecule has 1 aromatic heterocycles. The molecule has 0 atom stereocenters. The summed E-state index contributed by atoms with van der Waals surface area (Å²) in [6.07, 6.45) is 1.73. The molecule has 5 heteroatoms. The Labute approximate surface area is 133 Å². The van der Waals surface area contributed by atoms with Crippen LogP contribution in [-0.2, 0) is 6.54 Å². The highest BCUT2D eigenvalue weighted by atomic mass is 79.9. The minimum absolute atomic E-state index is 0.0603. The van der Waals surface area contributed by atoms with Crippen molar-refractivity contribution in [1.29, 1.82) is 0 Å². The Morgan fingerprint density at radius 2 is 2.05 bits per heavy atom. The minimum Gasteiger partial charge on any atom is -0.398 e. The molecule has 0 aliphatic rings. The number of hydrogen-bond acceptors (Lipinski definition) is 3. The van der Waals surface area contributed by atoms with Gasteiger partial charge >= 0.3 is 0 Å². The number of pyridine rings is 1. The van der Waals surface area contributed by atoms with Crippen LogP contribution in [0, 0.1) is 0 Å². The average molecular weight is 348 g/mol. The van der Waals surface area contributed by atoms with E-state index in [1.165, 1.54) is 0 Å². The topological polar surface area (TPSA) is 59.2 Å². The summed E-state index contributed by atoms with van der Waals surface area (Å²) in [5, 5.41) is 0. The third kappa shape index (κ3) is 3.61. The molecule has 0 spiro atoms. The predicted octanol–water partition coefficient (Wildman–Crippen LogP) is 3.48. The van der Waals surface area contributed by atoms with Gasteiger partial charge in [-0.05, 0) is 54.0 Å². The first-order chi connectivity index (χ1) is 10.0. The van der Waals surface area contributed by atoms with Gasteiger partial charge in [0.1, 0.15) is 0 Å². The number of carbonyl (C=O) groups excluding carboxylic acids is 1. The molecule has 0 radical (unpaired) electrons. The van der Waals surface area contributed by atoms with Crippen LogP contribution in [0.15, 0.2) is 47.1 Å². The largest absolute Gasteiger partial charge is 0.398 e. The van der Waals surface area contributed by atoms with E-state index in [4.69, 9.17) is 5.73 Å². The fraction of sp³-hybridized carbons (Fsp3) is 0.250. The normalized spacial score (nSPS) is 10.7. The number of nitrogens with two attached hydrogens (primary N) is 1. The first kappa shape index (κ1) is 15.5. The van der Waals surface area contributed by atoms with E-state index in [9.17, 15) is 4.79 Å². The zero-order valence-electron chi connectivity index (χ0n) is 12.1. The Kier molecular flexibility index (Phi) is 4.96. The van der Waals surface area contributed by atoms with Crippen molar-refractivity contribution in [2.24, 2.45) is 0 Å². The van der Waals surface area contributed by atoms with Crippen molar-refractivity contribution in [2.75, 3.05) is 5.73 Å². The SMILES string of the molecule is CC(C)N(Cc1ccccn1)C(=O)c1cccc(N)c1Br. The van der Waals surface area contributed by atoms with Crippen LogP contribution in [0.3, 0.4) is 0 Å². The highest BCUT2D eigenvalue weighted by Gasteiger charge is 2.22. The summed E-state index contributed by atoms with van der Waals surface area (Å²) in [5.41, 5.74) is 7.84. The molecule has 0 bridgehead atoms. The van der Waals surface area contributed by atoms with Crippen molar-refractivity contribution in [3.8, 4) is 0 Å². The van der Waals surface area contributed by atoms with Gasteiger partial charge < -0.3 is 10.6 Å². The number of aromatic nitrogens is 1. The summed E-state index contributed by atoms with van der Waals surface area (Å²) in [6.45, 7) is 4.45. The smallest absolute Gasteiger partial charge is 0.255 e. The van der Waals surface area contributed by atoms with Crippen LogP contribution in [0.5, 0.6) is 0 Å². The summed E-state index contributed by atoms with van der Waals surface area (Å²) < 4.78 is 0.640. The van der Waals surface area contributed by atoms with Crippen LogP contribution >= 0.6 is 15.9 Å². The number of nitrogens with zero attached hydrogens (tertiary/aromatic N) is 2. The van der Waals surface area contributed by atoms with Crippen molar-refractivity contribution in [2.45, 2.75) is 26.4 Å². The second-order valence-electron chi connectivity index (χ2n) is 5.06. The van der Waals surface area contributed by atoms with Crippen molar-refractivity contribution in [3.05, 3.63) is 58.3 Å². The maximum atomic E-state index is 12.8. The molecule has 1 heterocycles. The van der Waals surface area contributed by atoms with E-state index in [1.807, 2.05) is 32.0 Å². The summed E-state index contributed by atoms with van der Waals surface area (Å²) in [6, 6.07) is 11.1. The molecule has 0 unspecified atom stereocenters. The highest BCUT2D eigenvalue weighted by molar-refractivity contribution is 9.10.